The van der Waals surface area contributed by atoms with Gasteiger partial charge in [0.25, 0.3) is 0 Å². The molecule has 2 aromatic rings. The Hall–Kier alpha value is -0.860. The summed E-state index contributed by atoms with van der Waals surface area (Å²) in [6.45, 7) is 4.59. The number of rotatable bonds is 23. The summed E-state index contributed by atoms with van der Waals surface area (Å²) >= 11 is 4.04. The molecule has 0 aromatic heterocycles. The second kappa shape index (κ2) is 22.2. The summed E-state index contributed by atoms with van der Waals surface area (Å²) in [5.41, 5.74) is 2.66. The van der Waals surface area contributed by atoms with E-state index in [0.29, 0.717) is 0 Å². The average molecular weight is 527 g/mol. The van der Waals surface area contributed by atoms with Crippen molar-refractivity contribution in [1.82, 2.24) is 0 Å². The van der Waals surface area contributed by atoms with E-state index in [4.69, 9.17) is 0 Å². The molecule has 0 saturated carbocycles. The summed E-state index contributed by atoms with van der Waals surface area (Å²) in [5.74, 6) is 2.50. The minimum atomic E-state index is 1.25. The maximum atomic E-state index is 2.31. The quantitative estimate of drug-likeness (QED) is 0.104. The molecule has 2 rings (SSSR count). The van der Waals surface area contributed by atoms with Gasteiger partial charge in [0.2, 0.25) is 0 Å². The zero-order chi connectivity index (χ0) is 25.5. The van der Waals surface area contributed by atoms with Crippen molar-refractivity contribution in [2.45, 2.75) is 139 Å². The molecule has 0 radical (unpaired) electrons. The Morgan fingerprint density at radius 1 is 0.361 bits per heavy atom. The van der Waals surface area contributed by atoms with E-state index in [2.05, 4.69) is 62.4 Å². The first-order valence-corrected chi connectivity index (χ1v) is 17.3. The van der Waals surface area contributed by atoms with Crippen molar-refractivity contribution in [2.75, 3.05) is 11.5 Å². The van der Waals surface area contributed by atoms with Gasteiger partial charge < -0.3 is 0 Å². The lowest BCUT2D eigenvalue weighted by molar-refractivity contribution is 0.573. The van der Waals surface area contributed by atoms with Gasteiger partial charge in [0.1, 0.15) is 0 Å². The lowest BCUT2D eigenvalue weighted by Crippen LogP contribution is -1.85. The summed E-state index contributed by atoms with van der Waals surface area (Å²) in [6.07, 6.45) is 25.3. The lowest BCUT2D eigenvalue weighted by atomic mass is 10.1. The van der Waals surface area contributed by atoms with Crippen molar-refractivity contribution in [3.63, 3.8) is 0 Å². The highest BCUT2D eigenvalue weighted by Gasteiger charge is 2.01. The first kappa shape index (κ1) is 31.4. The van der Waals surface area contributed by atoms with Crippen LogP contribution in [-0.4, -0.2) is 11.5 Å². The number of unbranched alkanes of at least 4 members (excludes halogenated alkanes) is 16. The van der Waals surface area contributed by atoms with Crippen molar-refractivity contribution in [3.8, 4) is 11.1 Å². The van der Waals surface area contributed by atoms with E-state index in [-0.39, 0.29) is 0 Å². The SMILES string of the molecule is CCCCCCCCCCCSc1ccc(-c2ccc(SCCCCCCCCCCC)cc2)cc1. The van der Waals surface area contributed by atoms with E-state index in [1.54, 1.807) is 0 Å². The van der Waals surface area contributed by atoms with Crippen LogP contribution < -0.4 is 0 Å². The molecule has 0 fully saturated rings. The van der Waals surface area contributed by atoms with Gasteiger partial charge in [-0.05, 0) is 59.7 Å². The van der Waals surface area contributed by atoms with Crippen molar-refractivity contribution in [2.24, 2.45) is 0 Å². The first-order valence-electron chi connectivity index (χ1n) is 15.3. The third-order valence-electron chi connectivity index (χ3n) is 7.08. The van der Waals surface area contributed by atoms with Crippen molar-refractivity contribution in [1.29, 1.82) is 0 Å². The van der Waals surface area contributed by atoms with Crippen molar-refractivity contribution in [3.05, 3.63) is 48.5 Å². The highest BCUT2D eigenvalue weighted by molar-refractivity contribution is 7.99. The molecule has 0 aliphatic rings. The van der Waals surface area contributed by atoms with Crippen LogP contribution in [0.2, 0.25) is 0 Å². The predicted molar refractivity (Wildman–Crippen MR) is 168 cm³/mol. The van der Waals surface area contributed by atoms with Gasteiger partial charge in [-0.3, -0.25) is 0 Å². The second-order valence-corrected chi connectivity index (χ2v) is 12.7. The number of thioether (sulfide) groups is 2. The highest BCUT2D eigenvalue weighted by Crippen LogP contribution is 2.28. The van der Waals surface area contributed by atoms with Crippen molar-refractivity contribution >= 4 is 23.5 Å². The molecule has 0 unspecified atom stereocenters. The van der Waals surface area contributed by atoms with Crippen LogP contribution in [0.4, 0.5) is 0 Å². The van der Waals surface area contributed by atoms with E-state index in [9.17, 15) is 0 Å². The molecule has 0 heterocycles. The zero-order valence-electron chi connectivity index (χ0n) is 23.6. The molecule has 2 aromatic carbocycles. The zero-order valence-corrected chi connectivity index (χ0v) is 25.2. The molecule has 0 bridgehead atoms. The molecule has 2 heteroatoms. The fraction of sp³-hybridized carbons (Fsp3) is 0.647. The molecule has 0 aliphatic heterocycles. The molecule has 0 aliphatic carbocycles. The number of hydrogen-bond donors (Lipinski definition) is 0. The standard InChI is InChI=1S/C34H54S2/c1-3-5-7-9-11-13-15-17-19-29-35-33-25-21-31(22-26-33)32-23-27-34(28-24-32)36-30-20-18-16-14-12-10-8-6-4-2/h21-28H,3-20,29-30H2,1-2H3. The Kier molecular flexibility index (Phi) is 19.3. The Morgan fingerprint density at radius 2 is 0.639 bits per heavy atom. The topological polar surface area (TPSA) is 0 Å². The summed E-state index contributed by atoms with van der Waals surface area (Å²) in [7, 11) is 0. The molecule has 0 atom stereocenters. The van der Waals surface area contributed by atoms with E-state index < -0.39 is 0 Å². The van der Waals surface area contributed by atoms with Gasteiger partial charge >= 0.3 is 0 Å². The molecule has 0 amide bonds. The Balaban J connectivity index is 1.53. The van der Waals surface area contributed by atoms with Crippen LogP contribution in [0.5, 0.6) is 0 Å². The Bertz CT molecular complexity index is 669. The monoisotopic (exact) mass is 526 g/mol. The highest BCUT2D eigenvalue weighted by atomic mass is 32.2. The molecular weight excluding hydrogens is 473 g/mol. The van der Waals surface area contributed by atoms with Gasteiger partial charge in [0.05, 0.1) is 0 Å². The van der Waals surface area contributed by atoms with Gasteiger partial charge in [0, 0.05) is 9.79 Å². The second-order valence-electron chi connectivity index (χ2n) is 10.4. The van der Waals surface area contributed by atoms with Gasteiger partial charge in [-0.25, -0.2) is 0 Å². The summed E-state index contributed by atoms with van der Waals surface area (Å²) < 4.78 is 0. The fourth-order valence-corrected chi connectivity index (χ4v) is 6.52. The predicted octanol–water partition coefficient (Wildman–Crippen LogP) is 12.6. The minimum Gasteiger partial charge on any atom is -0.126 e. The van der Waals surface area contributed by atoms with Crippen LogP contribution in [0.15, 0.2) is 58.3 Å². The van der Waals surface area contributed by atoms with E-state index in [0.717, 1.165) is 0 Å². The molecule has 36 heavy (non-hydrogen) atoms. The largest absolute Gasteiger partial charge is 0.126 e. The normalized spacial score (nSPS) is 11.3. The average Bonchev–Trinajstić information content (AvgIpc) is 2.91. The van der Waals surface area contributed by atoms with Gasteiger partial charge in [-0.1, -0.05) is 141 Å². The minimum absolute atomic E-state index is 1.25. The maximum Gasteiger partial charge on any atom is 0.00723 e. The number of benzene rings is 2. The van der Waals surface area contributed by atoms with E-state index >= 15 is 0 Å². The molecule has 0 spiro atoms. The summed E-state index contributed by atoms with van der Waals surface area (Å²) in [4.78, 5) is 2.82. The molecule has 0 saturated heterocycles. The molecule has 202 valence electrons. The summed E-state index contributed by atoms with van der Waals surface area (Å²) in [5, 5.41) is 0. The smallest absolute Gasteiger partial charge is 0.00723 e. The number of hydrogen-bond acceptors (Lipinski definition) is 2. The van der Waals surface area contributed by atoms with Crippen LogP contribution in [0.3, 0.4) is 0 Å². The van der Waals surface area contributed by atoms with Crippen LogP contribution in [-0.2, 0) is 0 Å². The van der Waals surface area contributed by atoms with E-state index in [1.807, 2.05) is 23.5 Å². The van der Waals surface area contributed by atoms with Gasteiger partial charge in [-0.2, -0.15) is 0 Å². The van der Waals surface area contributed by atoms with Crippen LogP contribution in [0.1, 0.15) is 129 Å². The van der Waals surface area contributed by atoms with Gasteiger partial charge in [0.15, 0.2) is 0 Å². The fourth-order valence-electron chi connectivity index (χ4n) is 4.69. The Morgan fingerprint density at radius 3 is 0.944 bits per heavy atom. The lowest BCUT2D eigenvalue weighted by Gasteiger charge is -2.07. The van der Waals surface area contributed by atoms with Crippen LogP contribution in [0, 0.1) is 0 Å². The van der Waals surface area contributed by atoms with Crippen LogP contribution in [0.25, 0.3) is 11.1 Å². The molecule has 0 nitrogen and oxygen atoms in total. The maximum absolute atomic E-state index is 2.31. The first-order chi connectivity index (χ1) is 17.8. The summed E-state index contributed by atoms with van der Waals surface area (Å²) in [6, 6.07) is 18.4. The Labute approximate surface area is 233 Å². The third-order valence-corrected chi connectivity index (χ3v) is 9.27. The third kappa shape index (κ3) is 15.4. The van der Waals surface area contributed by atoms with Crippen LogP contribution >= 0.6 is 23.5 Å². The van der Waals surface area contributed by atoms with E-state index in [1.165, 1.54) is 148 Å². The van der Waals surface area contributed by atoms with Gasteiger partial charge in [-0.15, -0.1) is 23.5 Å². The molecular formula is C34H54S2. The van der Waals surface area contributed by atoms with Crippen molar-refractivity contribution < 1.29 is 0 Å². The molecule has 0 N–H and O–H groups in total.